The van der Waals surface area contributed by atoms with Crippen LogP contribution in [0.1, 0.15) is 177 Å². The van der Waals surface area contributed by atoms with Crippen molar-refractivity contribution in [3.05, 3.63) is 12.2 Å². The van der Waals surface area contributed by atoms with Crippen molar-refractivity contribution in [1.82, 2.24) is 0 Å². The molecule has 3 aliphatic heterocycles. The van der Waals surface area contributed by atoms with Gasteiger partial charge in [-0.15, -0.1) is 0 Å². The van der Waals surface area contributed by atoms with Gasteiger partial charge in [0, 0.05) is 38.2 Å². The second kappa shape index (κ2) is 20.7. The minimum absolute atomic E-state index is 0.00152. The molecule has 3 heterocycles. The summed E-state index contributed by atoms with van der Waals surface area (Å²) < 4.78 is 43.0. The molecule has 0 aromatic heterocycles. The average Bonchev–Trinajstić information content (AvgIpc) is 2.97. The Bertz CT molecular complexity index is 930. The van der Waals surface area contributed by atoms with Crippen LogP contribution < -0.4 is 0 Å². The Labute approximate surface area is 293 Å². The predicted octanol–water partition coefficient (Wildman–Crippen LogP) is 10.1. The molecule has 3 saturated heterocycles. The molecule has 3 aliphatic rings. The van der Waals surface area contributed by atoms with Crippen LogP contribution in [0.3, 0.4) is 0 Å². The first kappa shape index (κ1) is 41.4. The van der Waals surface area contributed by atoms with Crippen molar-refractivity contribution >= 4 is 5.97 Å². The van der Waals surface area contributed by atoms with Crippen LogP contribution in [0.4, 0.5) is 0 Å². The number of ether oxygens (including phenoxy) is 7. The van der Waals surface area contributed by atoms with Crippen molar-refractivity contribution < 1.29 is 38.0 Å². The van der Waals surface area contributed by atoms with Gasteiger partial charge in [0.05, 0.1) is 43.7 Å². The highest BCUT2D eigenvalue weighted by atomic mass is 16.7. The van der Waals surface area contributed by atoms with E-state index in [1.807, 2.05) is 33.8 Å². The van der Waals surface area contributed by atoms with Crippen LogP contribution in [0.25, 0.3) is 0 Å². The van der Waals surface area contributed by atoms with Crippen molar-refractivity contribution in [3.8, 4) is 0 Å². The van der Waals surface area contributed by atoms with Crippen LogP contribution in [0.2, 0.25) is 0 Å². The topological polar surface area (TPSA) is 81.7 Å². The number of methoxy groups -OCH3 is 1. The van der Waals surface area contributed by atoms with Gasteiger partial charge in [0.1, 0.15) is 0 Å². The van der Waals surface area contributed by atoms with E-state index >= 15 is 0 Å². The third-order valence-electron chi connectivity index (χ3n) is 9.82. The Balaban J connectivity index is 1.40. The van der Waals surface area contributed by atoms with Crippen molar-refractivity contribution in [2.75, 3.05) is 7.11 Å². The standard InChI is InChI=1S/C40H72O8/c1-9-10-11-12-13-14-15-16-17-18-19-20-21-23-31-26-33(45-38(2,3)43-31)28-35-30-36(48-40(6,7)47-35)29-34-27-32(44-39(4,5)46-34)24-22-25-37(41)42-8/h22,25,31-36H,9-21,23-24,26-30H2,1-8H3/b25-22-/t31-,32-,33+,34-,35+,36-/m1/s1. The molecule has 0 spiro atoms. The molecule has 0 bridgehead atoms. The lowest BCUT2D eigenvalue weighted by atomic mass is 9.93. The summed E-state index contributed by atoms with van der Waals surface area (Å²) in [4.78, 5) is 11.5. The minimum atomic E-state index is -0.712. The van der Waals surface area contributed by atoms with Gasteiger partial charge in [0.15, 0.2) is 17.4 Å². The number of carbonyl (C=O) groups is 1. The van der Waals surface area contributed by atoms with E-state index in [2.05, 4.69) is 20.8 Å². The molecule has 280 valence electrons. The number of hydrogen-bond donors (Lipinski definition) is 0. The van der Waals surface area contributed by atoms with E-state index in [9.17, 15) is 4.79 Å². The zero-order valence-electron chi connectivity index (χ0n) is 32.0. The molecule has 0 N–H and O–H groups in total. The van der Waals surface area contributed by atoms with Crippen molar-refractivity contribution in [2.45, 2.75) is 231 Å². The molecule has 0 aromatic rings. The van der Waals surface area contributed by atoms with Gasteiger partial charge in [-0.3, -0.25) is 0 Å². The first-order valence-electron chi connectivity index (χ1n) is 19.6. The van der Waals surface area contributed by atoms with E-state index in [-0.39, 0.29) is 42.6 Å². The van der Waals surface area contributed by atoms with Crippen LogP contribution in [0.5, 0.6) is 0 Å². The number of rotatable bonds is 21. The first-order chi connectivity index (χ1) is 22.8. The Hall–Kier alpha value is -1.03. The maximum absolute atomic E-state index is 11.5. The van der Waals surface area contributed by atoms with Crippen LogP contribution in [0, 0.1) is 0 Å². The molecule has 8 heteroatoms. The van der Waals surface area contributed by atoms with Crippen LogP contribution >= 0.6 is 0 Å². The second-order valence-electron chi connectivity index (χ2n) is 16.0. The summed E-state index contributed by atoms with van der Waals surface area (Å²) in [6.07, 6.45) is 27.1. The summed E-state index contributed by atoms with van der Waals surface area (Å²) in [5.41, 5.74) is 0. The lowest BCUT2D eigenvalue weighted by Crippen LogP contribution is -2.51. The van der Waals surface area contributed by atoms with E-state index in [0.29, 0.717) is 6.42 Å². The van der Waals surface area contributed by atoms with Gasteiger partial charge in [-0.25, -0.2) is 4.79 Å². The smallest absolute Gasteiger partial charge is 0.330 e. The van der Waals surface area contributed by atoms with Gasteiger partial charge in [0.2, 0.25) is 0 Å². The molecule has 3 fully saturated rings. The quantitative estimate of drug-likeness (QED) is 0.0673. The summed E-state index contributed by atoms with van der Waals surface area (Å²) in [5, 5.41) is 0. The fourth-order valence-electron chi connectivity index (χ4n) is 7.92. The van der Waals surface area contributed by atoms with Crippen LogP contribution in [0.15, 0.2) is 12.2 Å². The van der Waals surface area contributed by atoms with Gasteiger partial charge < -0.3 is 33.2 Å². The zero-order chi connectivity index (χ0) is 35.0. The molecule has 48 heavy (non-hydrogen) atoms. The molecular weight excluding hydrogens is 608 g/mol. The highest BCUT2D eigenvalue weighted by Gasteiger charge is 2.43. The van der Waals surface area contributed by atoms with Crippen molar-refractivity contribution in [2.24, 2.45) is 0 Å². The molecule has 8 nitrogen and oxygen atoms in total. The fraction of sp³-hybridized carbons (Fsp3) is 0.925. The highest BCUT2D eigenvalue weighted by Crippen LogP contribution is 2.38. The Morgan fingerprint density at radius 1 is 0.562 bits per heavy atom. The average molecular weight is 681 g/mol. The Morgan fingerprint density at radius 2 is 0.917 bits per heavy atom. The van der Waals surface area contributed by atoms with Crippen molar-refractivity contribution in [1.29, 1.82) is 0 Å². The van der Waals surface area contributed by atoms with Gasteiger partial charge in [0.25, 0.3) is 0 Å². The van der Waals surface area contributed by atoms with E-state index in [0.717, 1.165) is 38.5 Å². The molecule has 0 aliphatic carbocycles. The number of esters is 1. The third kappa shape index (κ3) is 16.8. The highest BCUT2D eigenvalue weighted by molar-refractivity contribution is 5.81. The predicted molar refractivity (Wildman–Crippen MR) is 191 cm³/mol. The molecule has 0 unspecified atom stereocenters. The number of unbranched alkanes of at least 4 members (excludes halogenated alkanes) is 12. The molecule has 0 saturated carbocycles. The molecule has 6 atom stereocenters. The van der Waals surface area contributed by atoms with E-state index in [4.69, 9.17) is 33.2 Å². The fourth-order valence-corrected chi connectivity index (χ4v) is 7.92. The number of carbonyl (C=O) groups excluding carboxylic acids is 1. The molecule has 3 rings (SSSR count). The van der Waals surface area contributed by atoms with E-state index < -0.39 is 17.4 Å². The monoisotopic (exact) mass is 681 g/mol. The molecule has 0 radical (unpaired) electrons. The molecule has 0 aromatic carbocycles. The largest absolute Gasteiger partial charge is 0.466 e. The lowest BCUT2D eigenvalue weighted by molar-refractivity contribution is -0.334. The van der Waals surface area contributed by atoms with E-state index in [1.165, 1.54) is 96.7 Å². The minimum Gasteiger partial charge on any atom is -0.466 e. The summed E-state index contributed by atoms with van der Waals surface area (Å²) >= 11 is 0. The SMILES string of the molecule is CCCCCCCCCCCCCCC[C@@H]1C[C@@H](C[C@H]2C[C@@H](C[C@H]3C[C@@H](C/C=C\C(=O)OC)OC(C)(C)O3)OC(C)(C)O2)OC(C)(C)O1. The first-order valence-corrected chi connectivity index (χ1v) is 19.6. The van der Waals surface area contributed by atoms with Gasteiger partial charge >= 0.3 is 5.97 Å². The lowest BCUT2D eigenvalue weighted by Gasteiger charge is -2.46. The summed E-state index contributed by atoms with van der Waals surface area (Å²) in [7, 11) is 1.38. The maximum atomic E-state index is 11.5. The van der Waals surface area contributed by atoms with E-state index in [1.54, 1.807) is 0 Å². The van der Waals surface area contributed by atoms with Gasteiger partial charge in [-0.05, 0) is 54.4 Å². The van der Waals surface area contributed by atoms with Crippen molar-refractivity contribution in [3.63, 3.8) is 0 Å². The second-order valence-corrected chi connectivity index (χ2v) is 16.0. The van der Waals surface area contributed by atoms with Gasteiger partial charge in [-0.1, -0.05) is 96.5 Å². The summed E-state index contributed by atoms with van der Waals surface area (Å²) in [6.45, 7) is 14.3. The summed E-state index contributed by atoms with van der Waals surface area (Å²) in [6, 6.07) is 0. The van der Waals surface area contributed by atoms with Crippen LogP contribution in [-0.4, -0.2) is 67.1 Å². The maximum Gasteiger partial charge on any atom is 0.330 e. The van der Waals surface area contributed by atoms with Crippen LogP contribution in [-0.2, 0) is 38.0 Å². The zero-order valence-corrected chi connectivity index (χ0v) is 32.0. The summed E-state index contributed by atoms with van der Waals surface area (Å²) in [5.74, 6) is -2.35. The molecular formula is C40H72O8. The molecule has 0 amide bonds. The third-order valence-corrected chi connectivity index (χ3v) is 9.82. The van der Waals surface area contributed by atoms with Gasteiger partial charge in [-0.2, -0.15) is 0 Å². The Morgan fingerprint density at radius 3 is 1.35 bits per heavy atom. The normalized spacial score (nSPS) is 30.0. The number of hydrogen-bond acceptors (Lipinski definition) is 8. The Kier molecular flexibility index (Phi) is 17.9.